The van der Waals surface area contributed by atoms with Crippen LogP contribution in [-0.2, 0) is 16.0 Å². The second-order valence-corrected chi connectivity index (χ2v) is 22.9. The second-order valence-electron chi connectivity index (χ2n) is 11.8. The SMILES string of the molecule is C[Si](C)(C)C[C@@H]1[C@H](C[Si](C)(C)C)[C@@H]2C(=O)[C@H]1[C@H]1C=C[C@]2(Cc2ccccc2)O1. The lowest BCUT2D eigenvalue weighted by Gasteiger charge is -2.41. The summed E-state index contributed by atoms with van der Waals surface area (Å²) < 4.78 is 6.73. The highest BCUT2D eigenvalue weighted by molar-refractivity contribution is 6.76. The molecule has 4 rings (SSSR count). The first-order valence-corrected chi connectivity index (χ1v) is 18.4. The summed E-state index contributed by atoms with van der Waals surface area (Å²) in [6.07, 6.45) is 5.33. The first kappa shape index (κ1) is 20.3. The van der Waals surface area contributed by atoms with E-state index in [1.165, 1.54) is 17.7 Å². The first-order chi connectivity index (χ1) is 13.0. The molecule has 0 N–H and O–H groups in total. The van der Waals surface area contributed by atoms with E-state index in [2.05, 4.69) is 81.8 Å². The number of carbonyl (C=O) groups is 1. The van der Waals surface area contributed by atoms with Gasteiger partial charge < -0.3 is 4.74 Å². The van der Waals surface area contributed by atoms with Gasteiger partial charge in [0.05, 0.1) is 17.9 Å². The summed E-state index contributed by atoms with van der Waals surface area (Å²) in [6, 6.07) is 13.1. The van der Waals surface area contributed by atoms with Crippen molar-refractivity contribution >= 4 is 21.9 Å². The Bertz CT molecular complexity index is 774. The van der Waals surface area contributed by atoms with Crippen molar-refractivity contribution in [2.75, 3.05) is 0 Å². The highest BCUT2D eigenvalue weighted by atomic mass is 28.3. The van der Waals surface area contributed by atoms with Gasteiger partial charge in [0.25, 0.3) is 0 Å². The van der Waals surface area contributed by atoms with Crippen molar-refractivity contribution in [3.05, 3.63) is 48.0 Å². The number of fused-ring (bicyclic) bond motifs is 6. The van der Waals surface area contributed by atoms with Gasteiger partial charge in [0.1, 0.15) is 11.4 Å². The van der Waals surface area contributed by atoms with E-state index in [9.17, 15) is 4.79 Å². The quantitative estimate of drug-likeness (QED) is 0.445. The molecule has 1 aliphatic carbocycles. The maximum absolute atomic E-state index is 13.7. The van der Waals surface area contributed by atoms with Crippen LogP contribution in [0.5, 0.6) is 0 Å². The van der Waals surface area contributed by atoms with E-state index < -0.39 is 21.7 Å². The Balaban J connectivity index is 1.74. The van der Waals surface area contributed by atoms with Crippen molar-refractivity contribution < 1.29 is 9.53 Å². The third-order valence-corrected chi connectivity index (χ3v) is 10.3. The minimum atomic E-state index is -1.30. The molecule has 1 saturated carbocycles. The number of carbonyl (C=O) groups excluding carboxylic acids is 1. The lowest BCUT2D eigenvalue weighted by Crippen LogP contribution is -2.50. The molecule has 4 heteroatoms. The van der Waals surface area contributed by atoms with Gasteiger partial charge >= 0.3 is 0 Å². The molecule has 28 heavy (non-hydrogen) atoms. The van der Waals surface area contributed by atoms with Crippen molar-refractivity contribution in [3.8, 4) is 0 Å². The molecule has 2 fully saturated rings. The van der Waals surface area contributed by atoms with Crippen LogP contribution in [-0.4, -0.2) is 33.6 Å². The Hall–Kier alpha value is -0.976. The summed E-state index contributed by atoms with van der Waals surface area (Å²) in [7, 11) is -2.57. The molecule has 6 atom stereocenters. The van der Waals surface area contributed by atoms with Crippen LogP contribution in [0.3, 0.4) is 0 Å². The summed E-state index contributed by atoms with van der Waals surface area (Å²) in [5.74, 6) is 1.67. The maximum Gasteiger partial charge on any atom is 0.145 e. The molecule has 1 aromatic carbocycles. The van der Waals surface area contributed by atoms with Crippen LogP contribution in [0, 0.1) is 23.7 Å². The molecule has 1 saturated heterocycles. The van der Waals surface area contributed by atoms with Gasteiger partial charge in [-0.25, -0.2) is 0 Å². The van der Waals surface area contributed by atoms with E-state index in [0.29, 0.717) is 17.6 Å². The predicted molar refractivity (Wildman–Crippen MR) is 122 cm³/mol. The zero-order chi connectivity index (χ0) is 20.3. The molecule has 2 heterocycles. The summed E-state index contributed by atoms with van der Waals surface area (Å²) in [5.41, 5.74) is 0.859. The topological polar surface area (TPSA) is 26.3 Å². The standard InChI is InChI=1S/C24H36O2Si2/c1-27(2,3)15-18-19(16-28(4,5)6)22-23(25)21(18)20-12-13-24(22,26-20)14-17-10-8-7-9-11-17/h7-13,18-22H,14-16H2,1-6H3/t18-,19+,20-,21-,22-,24-/m1/s1. The molecule has 152 valence electrons. The normalized spacial score (nSPS) is 36.9. The molecule has 0 amide bonds. The van der Waals surface area contributed by atoms with Crippen molar-refractivity contribution in [1.82, 2.24) is 0 Å². The Labute approximate surface area is 172 Å². The van der Waals surface area contributed by atoms with E-state index in [4.69, 9.17) is 4.74 Å². The van der Waals surface area contributed by atoms with Gasteiger partial charge in [-0.05, 0) is 17.4 Å². The van der Waals surface area contributed by atoms with Gasteiger partial charge in [0, 0.05) is 22.6 Å². The molecule has 0 spiro atoms. The zero-order valence-electron chi connectivity index (χ0n) is 18.4. The van der Waals surface area contributed by atoms with Gasteiger partial charge in [0.15, 0.2) is 0 Å². The molecular weight excluding hydrogens is 376 g/mol. The molecule has 2 nitrogen and oxygen atoms in total. The average Bonchev–Trinajstić information content (AvgIpc) is 3.00. The molecule has 0 unspecified atom stereocenters. The molecule has 0 radical (unpaired) electrons. The molecule has 3 aliphatic rings. The van der Waals surface area contributed by atoms with Crippen molar-refractivity contribution in [1.29, 1.82) is 0 Å². The van der Waals surface area contributed by atoms with Crippen LogP contribution in [0.2, 0.25) is 51.4 Å². The Kier molecular flexibility index (Phi) is 4.92. The van der Waals surface area contributed by atoms with Gasteiger partial charge in [-0.3, -0.25) is 4.79 Å². The van der Waals surface area contributed by atoms with E-state index in [1.54, 1.807) is 0 Å². The van der Waals surface area contributed by atoms with Gasteiger partial charge in [0.2, 0.25) is 0 Å². The Morgan fingerprint density at radius 1 is 0.929 bits per heavy atom. The molecule has 2 aliphatic heterocycles. The fourth-order valence-corrected chi connectivity index (χ4v) is 10.1. The zero-order valence-corrected chi connectivity index (χ0v) is 20.4. The number of rotatable bonds is 6. The fraction of sp³-hybridized carbons (Fsp3) is 0.625. The lowest BCUT2D eigenvalue weighted by molar-refractivity contribution is -0.154. The average molecular weight is 413 g/mol. The third kappa shape index (κ3) is 3.64. The number of Topliss-reactive ketones (excluding diaryl/α,β-unsaturated/α-hetero) is 1. The summed E-state index contributed by atoms with van der Waals surface area (Å²) in [5, 5.41) is 0. The number of benzene rings is 1. The van der Waals surface area contributed by atoms with Crippen molar-refractivity contribution in [3.63, 3.8) is 0 Å². The van der Waals surface area contributed by atoms with Gasteiger partial charge in [-0.2, -0.15) is 0 Å². The minimum absolute atomic E-state index is 0.000414. The molecule has 1 aromatic rings. The van der Waals surface area contributed by atoms with E-state index in [1.807, 2.05) is 0 Å². The molecule has 0 aromatic heterocycles. The highest BCUT2D eigenvalue weighted by Gasteiger charge is 2.66. The molecular formula is C24H36O2Si2. The second kappa shape index (κ2) is 6.78. The number of hydrogen-bond donors (Lipinski definition) is 0. The van der Waals surface area contributed by atoms with E-state index in [-0.39, 0.29) is 17.9 Å². The summed E-state index contributed by atoms with van der Waals surface area (Å²) in [6.45, 7) is 14.8. The smallest absolute Gasteiger partial charge is 0.145 e. The van der Waals surface area contributed by atoms with Crippen LogP contribution in [0.25, 0.3) is 0 Å². The van der Waals surface area contributed by atoms with Gasteiger partial charge in [-0.1, -0.05) is 93.9 Å². The summed E-state index contributed by atoms with van der Waals surface area (Å²) >= 11 is 0. The van der Waals surface area contributed by atoms with Gasteiger partial charge in [-0.15, -0.1) is 0 Å². The van der Waals surface area contributed by atoms with Crippen LogP contribution < -0.4 is 0 Å². The van der Waals surface area contributed by atoms with Crippen LogP contribution >= 0.6 is 0 Å². The summed E-state index contributed by atoms with van der Waals surface area (Å²) in [4.78, 5) is 13.7. The first-order valence-electron chi connectivity index (χ1n) is 10.9. The van der Waals surface area contributed by atoms with E-state index >= 15 is 0 Å². The van der Waals surface area contributed by atoms with E-state index in [0.717, 1.165) is 6.42 Å². The lowest BCUT2D eigenvalue weighted by atomic mass is 9.75. The fourth-order valence-electron chi connectivity index (χ4n) is 6.20. The number of hydrogen-bond acceptors (Lipinski definition) is 2. The largest absolute Gasteiger partial charge is 0.362 e. The van der Waals surface area contributed by atoms with Crippen molar-refractivity contribution in [2.24, 2.45) is 23.7 Å². The minimum Gasteiger partial charge on any atom is -0.362 e. The number of ether oxygens (including phenoxy) is 1. The third-order valence-electron chi connectivity index (χ3n) is 6.90. The highest BCUT2D eigenvalue weighted by Crippen LogP contribution is 2.59. The molecule has 4 bridgehead atoms. The predicted octanol–water partition coefficient (Wildman–Crippen LogP) is 5.66. The van der Waals surface area contributed by atoms with Crippen LogP contribution in [0.15, 0.2) is 42.5 Å². The van der Waals surface area contributed by atoms with Crippen LogP contribution in [0.1, 0.15) is 5.56 Å². The Morgan fingerprint density at radius 2 is 1.54 bits per heavy atom. The van der Waals surface area contributed by atoms with Crippen molar-refractivity contribution in [2.45, 2.75) is 69.5 Å². The number of ketones is 1. The monoisotopic (exact) mass is 412 g/mol. The maximum atomic E-state index is 13.7. The Morgan fingerprint density at radius 3 is 2.14 bits per heavy atom. The van der Waals surface area contributed by atoms with Crippen LogP contribution in [0.4, 0.5) is 0 Å².